The highest BCUT2D eigenvalue weighted by atomic mass is 35.5. The molecule has 2 aromatic rings. The Labute approximate surface area is 171 Å². The van der Waals surface area contributed by atoms with Crippen LogP contribution >= 0.6 is 36.4 Å². The molecule has 1 saturated heterocycles. The molecular formula is C17H25Cl3N4O2. The molecule has 1 aromatic heterocycles. The number of morpholine rings is 1. The quantitative estimate of drug-likeness (QED) is 0.800. The first kappa shape index (κ1) is 23.0. The van der Waals surface area contributed by atoms with Crippen LogP contribution in [0.1, 0.15) is 11.3 Å². The molecule has 0 bridgehead atoms. The standard InChI is InChI=1S/C17H23ClN4O2.2ClH/c1-12-16(11-22-7-8-23-15(9-19)10-22)17(21(2)20-12)24-14-5-3-13(18)4-6-14;;/h3-6,15H,7-11,19H2,1-2H3;2*1H. The molecule has 1 aliphatic rings. The van der Waals surface area contributed by atoms with Crippen LogP contribution in [0.25, 0.3) is 0 Å². The van der Waals surface area contributed by atoms with Gasteiger partial charge in [-0.2, -0.15) is 5.10 Å². The molecular weight excluding hydrogens is 399 g/mol. The van der Waals surface area contributed by atoms with Gasteiger partial charge in [-0.3, -0.25) is 4.90 Å². The zero-order valence-corrected chi connectivity index (χ0v) is 17.2. The second-order valence-electron chi connectivity index (χ2n) is 6.01. The summed E-state index contributed by atoms with van der Waals surface area (Å²) in [6.07, 6.45) is 0.0939. The third-order valence-electron chi connectivity index (χ3n) is 4.18. The third-order valence-corrected chi connectivity index (χ3v) is 4.44. The summed E-state index contributed by atoms with van der Waals surface area (Å²) in [6.45, 7) is 5.72. The Balaban J connectivity index is 0.00000169. The summed E-state index contributed by atoms with van der Waals surface area (Å²) < 4.78 is 13.5. The highest BCUT2D eigenvalue weighted by Gasteiger charge is 2.23. The average molecular weight is 424 g/mol. The zero-order chi connectivity index (χ0) is 17.1. The average Bonchev–Trinajstić information content (AvgIpc) is 2.84. The molecule has 1 unspecified atom stereocenters. The molecule has 1 aromatic carbocycles. The van der Waals surface area contributed by atoms with E-state index < -0.39 is 0 Å². The van der Waals surface area contributed by atoms with E-state index in [0.29, 0.717) is 18.2 Å². The van der Waals surface area contributed by atoms with Crippen LogP contribution in [-0.2, 0) is 18.3 Å². The van der Waals surface area contributed by atoms with Crippen molar-refractivity contribution in [2.75, 3.05) is 26.2 Å². The SMILES string of the molecule is Cc1nn(C)c(Oc2ccc(Cl)cc2)c1CN1CCOC(CN)C1.Cl.Cl. The highest BCUT2D eigenvalue weighted by Crippen LogP contribution is 2.29. The summed E-state index contributed by atoms with van der Waals surface area (Å²) in [4.78, 5) is 2.33. The maximum absolute atomic E-state index is 6.07. The Morgan fingerprint density at radius 3 is 2.65 bits per heavy atom. The fourth-order valence-electron chi connectivity index (χ4n) is 2.90. The van der Waals surface area contributed by atoms with E-state index in [4.69, 9.17) is 26.8 Å². The maximum atomic E-state index is 6.07. The Kier molecular flexibility index (Phi) is 9.16. The smallest absolute Gasteiger partial charge is 0.222 e. The van der Waals surface area contributed by atoms with E-state index >= 15 is 0 Å². The van der Waals surface area contributed by atoms with Crippen LogP contribution in [0.3, 0.4) is 0 Å². The molecule has 0 spiro atoms. The molecule has 26 heavy (non-hydrogen) atoms. The number of benzene rings is 1. The van der Waals surface area contributed by atoms with Crippen molar-refractivity contribution >= 4 is 36.4 Å². The van der Waals surface area contributed by atoms with Gasteiger partial charge in [0.25, 0.3) is 0 Å². The van der Waals surface area contributed by atoms with Gasteiger partial charge in [0.1, 0.15) is 5.75 Å². The number of aromatic nitrogens is 2. The zero-order valence-electron chi connectivity index (χ0n) is 14.9. The van der Waals surface area contributed by atoms with Crippen LogP contribution < -0.4 is 10.5 Å². The molecule has 0 aliphatic carbocycles. The van der Waals surface area contributed by atoms with Crippen molar-refractivity contribution in [3.05, 3.63) is 40.5 Å². The molecule has 2 N–H and O–H groups in total. The maximum Gasteiger partial charge on any atom is 0.222 e. The van der Waals surface area contributed by atoms with Crippen molar-refractivity contribution in [1.82, 2.24) is 14.7 Å². The predicted molar refractivity (Wildman–Crippen MR) is 108 cm³/mol. The Hall–Kier alpha value is -1.02. The van der Waals surface area contributed by atoms with Crippen LogP contribution in [0.15, 0.2) is 24.3 Å². The second kappa shape index (κ2) is 10.3. The third kappa shape index (κ3) is 5.49. The van der Waals surface area contributed by atoms with Gasteiger partial charge in [0.2, 0.25) is 5.88 Å². The number of ether oxygens (including phenoxy) is 2. The highest BCUT2D eigenvalue weighted by molar-refractivity contribution is 6.30. The fourth-order valence-corrected chi connectivity index (χ4v) is 3.02. The minimum absolute atomic E-state index is 0. The van der Waals surface area contributed by atoms with Crippen molar-refractivity contribution in [2.24, 2.45) is 12.8 Å². The molecule has 9 heteroatoms. The molecule has 1 fully saturated rings. The molecule has 0 saturated carbocycles. The van der Waals surface area contributed by atoms with Gasteiger partial charge in [0.15, 0.2) is 0 Å². The van der Waals surface area contributed by atoms with Crippen molar-refractivity contribution in [3.63, 3.8) is 0 Å². The molecule has 3 rings (SSSR count). The van der Waals surface area contributed by atoms with Gasteiger partial charge < -0.3 is 15.2 Å². The summed E-state index contributed by atoms with van der Waals surface area (Å²) in [5, 5.41) is 5.20. The van der Waals surface area contributed by atoms with E-state index in [0.717, 1.165) is 42.5 Å². The Morgan fingerprint density at radius 2 is 2.00 bits per heavy atom. The second-order valence-corrected chi connectivity index (χ2v) is 6.45. The topological polar surface area (TPSA) is 65.5 Å². The molecule has 0 radical (unpaired) electrons. The number of aryl methyl sites for hydroxylation is 2. The van der Waals surface area contributed by atoms with Crippen LogP contribution in [0.2, 0.25) is 5.02 Å². The van der Waals surface area contributed by atoms with E-state index in [1.807, 2.05) is 38.2 Å². The minimum atomic E-state index is 0. The van der Waals surface area contributed by atoms with Gasteiger partial charge >= 0.3 is 0 Å². The molecule has 1 aliphatic heterocycles. The number of hydrogen-bond acceptors (Lipinski definition) is 5. The van der Waals surface area contributed by atoms with Gasteiger partial charge in [-0.1, -0.05) is 11.6 Å². The van der Waals surface area contributed by atoms with Crippen LogP contribution in [0.4, 0.5) is 0 Å². The molecule has 146 valence electrons. The van der Waals surface area contributed by atoms with Crippen LogP contribution in [-0.4, -0.2) is 47.0 Å². The van der Waals surface area contributed by atoms with Crippen molar-refractivity contribution < 1.29 is 9.47 Å². The Morgan fingerprint density at radius 1 is 1.31 bits per heavy atom. The van der Waals surface area contributed by atoms with Gasteiger partial charge in [0.05, 0.1) is 24.0 Å². The summed E-state index contributed by atoms with van der Waals surface area (Å²) >= 11 is 5.94. The number of hydrogen-bond donors (Lipinski definition) is 1. The van der Waals surface area contributed by atoms with E-state index in [1.165, 1.54) is 0 Å². The lowest BCUT2D eigenvalue weighted by atomic mass is 10.2. The first-order valence-corrected chi connectivity index (χ1v) is 8.44. The van der Waals surface area contributed by atoms with Gasteiger partial charge in [-0.25, -0.2) is 4.68 Å². The molecule has 0 amide bonds. The summed E-state index contributed by atoms with van der Waals surface area (Å²) in [6, 6.07) is 7.34. The predicted octanol–water partition coefficient (Wildman–Crippen LogP) is 3.18. The fraction of sp³-hybridized carbons (Fsp3) is 0.471. The van der Waals surface area contributed by atoms with E-state index in [-0.39, 0.29) is 30.9 Å². The normalized spacial score (nSPS) is 17.3. The number of nitrogens with zero attached hydrogens (tertiary/aromatic N) is 3. The molecule has 1 atom stereocenters. The first-order chi connectivity index (χ1) is 11.6. The van der Waals surface area contributed by atoms with Crippen molar-refractivity contribution in [3.8, 4) is 11.6 Å². The van der Waals surface area contributed by atoms with Gasteiger partial charge in [0, 0.05) is 38.2 Å². The Bertz CT molecular complexity index is 694. The number of rotatable bonds is 5. The minimum Gasteiger partial charge on any atom is -0.439 e. The monoisotopic (exact) mass is 422 g/mol. The molecule has 2 heterocycles. The number of nitrogens with two attached hydrogens (primary N) is 1. The van der Waals surface area contributed by atoms with E-state index in [9.17, 15) is 0 Å². The van der Waals surface area contributed by atoms with Gasteiger partial charge in [-0.15, -0.1) is 24.8 Å². The van der Waals surface area contributed by atoms with E-state index in [1.54, 1.807) is 4.68 Å². The van der Waals surface area contributed by atoms with Crippen LogP contribution in [0, 0.1) is 6.92 Å². The van der Waals surface area contributed by atoms with Crippen LogP contribution in [0.5, 0.6) is 11.6 Å². The van der Waals surface area contributed by atoms with Crippen molar-refractivity contribution in [2.45, 2.75) is 19.6 Å². The molecule has 6 nitrogen and oxygen atoms in total. The first-order valence-electron chi connectivity index (χ1n) is 8.06. The van der Waals surface area contributed by atoms with E-state index in [2.05, 4.69) is 10.00 Å². The lowest BCUT2D eigenvalue weighted by Gasteiger charge is -2.32. The lowest BCUT2D eigenvalue weighted by molar-refractivity contribution is -0.0262. The summed E-state index contributed by atoms with van der Waals surface area (Å²) in [5.41, 5.74) is 7.79. The lowest BCUT2D eigenvalue weighted by Crippen LogP contribution is -2.45. The summed E-state index contributed by atoms with van der Waals surface area (Å²) in [7, 11) is 1.89. The number of halogens is 3. The summed E-state index contributed by atoms with van der Waals surface area (Å²) in [5.74, 6) is 1.50. The van der Waals surface area contributed by atoms with Gasteiger partial charge in [-0.05, 0) is 31.2 Å². The van der Waals surface area contributed by atoms with Crippen molar-refractivity contribution in [1.29, 1.82) is 0 Å². The largest absolute Gasteiger partial charge is 0.439 e.